The van der Waals surface area contributed by atoms with Crippen molar-refractivity contribution in [2.75, 3.05) is 13.1 Å². The van der Waals surface area contributed by atoms with Crippen LogP contribution >= 0.6 is 0 Å². The molecule has 1 fully saturated rings. The Morgan fingerprint density at radius 1 is 1.41 bits per heavy atom. The van der Waals surface area contributed by atoms with Crippen molar-refractivity contribution >= 4 is 0 Å². The largest absolute Gasteiger partial charge is 0.315 e. The number of hydrogen-bond acceptors (Lipinski definition) is 3. The summed E-state index contributed by atoms with van der Waals surface area (Å²) in [5.74, 6) is 1.72. The number of benzene rings is 1. The molecule has 4 nitrogen and oxygen atoms in total. The highest BCUT2D eigenvalue weighted by Gasteiger charge is 2.24. The zero-order valence-electron chi connectivity index (χ0n) is 9.52. The van der Waals surface area contributed by atoms with Crippen LogP contribution in [0, 0.1) is 5.82 Å². The molecular weight excluding hydrogens is 219 g/mol. The SMILES string of the molecule is Cn1nc(-c2cccc(F)c2)nc1C1CNC1. The second-order valence-corrected chi connectivity index (χ2v) is 4.28. The summed E-state index contributed by atoms with van der Waals surface area (Å²) < 4.78 is 14.9. The molecule has 0 unspecified atom stereocenters. The van der Waals surface area contributed by atoms with Crippen LogP contribution in [-0.2, 0) is 7.05 Å². The van der Waals surface area contributed by atoms with Crippen molar-refractivity contribution < 1.29 is 4.39 Å². The average molecular weight is 232 g/mol. The summed E-state index contributed by atoms with van der Waals surface area (Å²) in [4.78, 5) is 4.49. The predicted molar refractivity (Wildman–Crippen MR) is 62.0 cm³/mol. The zero-order chi connectivity index (χ0) is 11.8. The fraction of sp³-hybridized carbons (Fsp3) is 0.333. The van der Waals surface area contributed by atoms with Gasteiger partial charge in [-0.2, -0.15) is 5.10 Å². The summed E-state index contributed by atoms with van der Waals surface area (Å²) in [5.41, 5.74) is 0.721. The molecule has 1 aromatic carbocycles. The summed E-state index contributed by atoms with van der Waals surface area (Å²) in [5, 5.41) is 7.54. The third kappa shape index (κ3) is 1.82. The van der Waals surface area contributed by atoms with Crippen LogP contribution in [0.4, 0.5) is 4.39 Å². The van der Waals surface area contributed by atoms with Crippen LogP contribution in [0.2, 0.25) is 0 Å². The van der Waals surface area contributed by atoms with Crippen LogP contribution in [0.25, 0.3) is 11.4 Å². The topological polar surface area (TPSA) is 42.7 Å². The first-order chi connectivity index (χ1) is 8.24. The van der Waals surface area contributed by atoms with Gasteiger partial charge in [-0.15, -0.1) is 0 Å². The normalized spacial score (nSPS) is 15.9. The molecule has 0 spiro atoms. The highest BCUT2D eigenvalue weighted by atomic mass is 19.1. The maximum absolute atomic E-state index is 13.1. The lowest BCUT2D eigenvalue weighted by atomic mass is 10.0. The monoisotopic (exact) mass is 232 g/mol. The molecule has 2 heterocycles. The summed E-state index contributed by atoms with van der Waals surface area (Å²) in [6.45, 7) is 1.88. The van der Waals surface area contributed by atoms with Crippen LogP contribution in [0.15, 0.2) is 24.3 Å². The van der Waals surface area contributed by atoms with Gasteiger partial charge in [0.25, 0.3) is 0 Å². The average Bonchev–Trinajstić information content (AvgIpc) is 2.59. The number of nitrogens with one attached hydrogen (secondary N) is 1. The molecule has 1 aromatic heterocycles. The van der Waals surface area contributed by atoms with Gasteiger partial charge in [-0.1, -0.05) is 12.1 Å². The van der Waals surface area contributed by atoms with Crippen molar-refractivity contribution in [2.45, 2.75) is 5.92 Å². The predicted octanol–water partition coefficient (Wildman–Crippen LogP) is 1.31. The molecule has 1 aliphatic heterocycles. The van der Waals surface area contributed by atoms with Crippen LogP contribution in [0.5, 0.6) is 0 Å². The van der Waals surface area contributed by atoms with Crippen LogP contribution < -0.4 is 5.32 Å². The molecule has 88 valence electrons. The fourth-order valence-electron chi connectivity index (χ4n) is 1.97. The molecule has 1 aliphatic rings. The van der Waals surface area contributed by atoms with Crippen molar-refractivity contribution in [3.63, 3.8) is 0 Å². The molecule has 0 aliphatic carbocycles. The van der Waals surface area contributed by atoms with Gasteiger partial charge in [0.1, 0.15) is 11.6 Å². The lowest BCUT2D eigenvalue weighted by Crippen LogP contribution is -2.41. The van der Waals surface area contributed by atoms with Crippen LogP contribution in [0.1, 0.15) is 11.7 Å². The van der Waals surface area contributed by atoms with E-state index in [9.17, 15) is 4.39 Å². The number of aryl methyl sites for hydroxylation is 1. The summed E-state index contributed by atoms with van der Waals surface area (Å²) in [6, 6.07) is 6.37. The first-order valence-electron chi connectivity index (χ1n) is 5.61. The second-order valence-electron chi connectivity index (χ2n) is 4.28. The molecule has 0 atom stereocenters. The highest BCUT2D eigenvalue weighted by Crippen LogP contribution is 2.22. The van der Waals surface area contributed by atoms with E-state index in [0.29, 0.717) is 11.7 Å². The first kappa shape index (κ1) is 10.4. The number of rotatable bonds is 2. The van der Waals surface area contributed by atoms with Gasteiger partial charge in [-0.25, -0.2) is 9.37 Å². The lowest BCUT2D eigenvalue weighted by Gasteiger charge is -2.25. The van der Waals surface area contributed by atoms with E-state index in [0.717, 1.165) is 24.5 Å². The van der Waals surface area contributed by atoms with Gasteiger partial charge in [0.05, 0.1) is 0 Å². The van der Waals surface area contributed by atoms with Gasteiger partial charge in [-0.05, 0) is 12.1 Å². The van der Waals surface area contributed by atoms with Crippen molar-refractivity contribution in [3.05, 3.63) is 35.9 Å². The van der Waals surface area contributed by atoms with Crippen LogP contribution in [-0.4, -0.2) is 27.9 Å². The number of nitrogens with zero attached hydrogens (tertiary/aromatic N) is 3. The fourth-order valence-corrected chi connectivity index (χ4v) is 1.97. The molecule has 0 bridgehead atoms. The maximum atomic E-state index is 13.1. The van der Waals surface area contributed by atoms with Crippen molar-refractivity contribution in [1.82, 2.24) is 20.1 Å². The van der Waals surface area contributed by atoms with Gasteiger partial charge in [0.15, 0.2) is 5.82 Å². The maximum Gasteiger partial charge on any atom is 0.181 e. The van der Waals surface area contributed by atoms with Crippen LogP contribution in [0.3, 0.4) is 0 Å². The third-order valence-corrected chi connectivity index (χ3v) is 3.03. The van der Waals surface area contributed by atoms with Gasteiger partial charge in [0.2, 0.25) is 0 Å². The zero-order valence-corrected chi connectivity index (χ0v) is 9.52. The molecule has 0 radical (unpaired) electrons. The molecular formula is C12H13FN4. The number of halogens is 1. The minimum Gasteiger partial charge on any atom is -0.315 e. The molecule has 5 heteroatoms. The quantitative estimate of drug-likeness (QED) is 0.849. The number of hydrogen-bond donors (Lipinski definition) is 1. The minimum absolute atomic E-state index is 0.262. The van der Waals surface area contributed by atoms with Crippen molar-refractivity contribution in [2.24, 2.45) is 7.05 Å². The van der Waals surface area contributed by atoms with Gasteiger partial charge < -0.3 is 5.32 Å². The molecule has 3 rings (SSSR count). The highest BCUT2D eigenvalue weighted by molar-refractivity contribution is 5.54. The Morgan fingerprint density at radius 2 is 2.24 bits per heavy atom. The molecule has 17 heavy (non-hydrogen) atoms. The van der Waals surface area contributed by atoms with Crippen molar-refractivity contribution in [1.29, 1.82) is 0 Å². The van der Waals surface area contributed by atoms with E-state index in [-0.39, 0.29) is 5.82 Å². The smallest absolute Gasteiger partial charge is 0.181 e. The van der Waals surface area contributed by atoms with E-state index < -0.39 is 0 Å². The Kier molecular flexibility index (Phi) is 2.40. The first-order valence-corrected chi connectivity index (χ1v) is 5.61. The van der Waals surface area contributed by atoms with Gasteiger partial charge in [-0.3, -0.25) is 4.68 Å². The van der Waals surface area contributed by atoms with E-state index >= 15 is 0 Å². The van der Waals surface area contributed by atoms with E-state index in [1.807, 2.05) is 13.1 Å². The lowest BCUT2D eigenvalue weighted by molar-refractivity contribution is 0.416. The summed E-state index contributed by atoms with van der Waals surface area (Å²) >= 11 is 0. The Labute approximate surface area is 98.5 Å². The van der Waals surface area contributed by atoms with E-state index in [1.165, 1.54) is 12.1 Å². The Bertz CT molecular complexity index is 545. The molecule has 2 aromatic rings. The van der Waals surface area contributed by atoms with E-state index in [4.69, 9.17) is 0 Å². The standard InChI is InChI=1S/C12H13FN4/c1-17-12(9-6-14-7-9)15-11(16-17)8-3-2-4-10(13)5-8/h2-5,9,14H,6-7H2,1H3. The molecule has 1 N–H and O–H groups in total. The van der Waals surface area contributed by atoms with E-state index in [2.05, 4.69) is 15.4 Å². The van der Waals surface area contributed by atoms with Crippen molar-refractivity contribution in [3.8, 4) is 11.4 Å². The summed E-state index contributed by atoms with van der Waals surface area (Å²) in [7, 11) is 1.88. The summed E-state index contributed by atoms with van der Waals surface area (Å²) in [6.07, 6.45) is 0. The molecule has 1 saturated heterocycles. The second kappa shape index (κ2) is 3.92. The van der Waals surface area contributed by atoms with E-state index in [1.54, 1.807) is 10.7 Å². The Hall–Kier alpha value is -1.75. The van der Waals surface area contributed by atoms with Gasteiger partial charge in [0, 0.05) is 31.6 Å². The molecule has 0 saturated carbocycles. The number of aromatic nitrogens is 3. The van der Waals surface area contributed by atoms with Gasteiger partial charge >= 0.3 is 0 Å². The third-order valence-electron chi connectivity index (χ3n) is 3.03. The Morgan fingerprint density at radius 3 is 2.88 bits per heavy atom. The minimum atomic E-state index is -0.262. The Balaban J connectivity index is 1.98. The molecule has 0 amide bonds.